The average Bonchev–Trinajstić information content (AvgIpc) is 3.28. The fourth-order valence-corrected chi connectivity index (χ4v) is 5.12. The van der Waals surface area contributed by atoms with Crippen LogP contribution in [-0.4, -0.2) is 22.8 Å². The fourth-order valence-electron chi connectivity index (χ4n) is 5.12. The van der Waals surface area contributed by atoms with Crippen molar-refractivity contribution in [2.45, 2.75) is 19.2 Å². The van der Waals surface area contributed by atoms with Gasteiger partial charge in [-0.15, -0.1) is 0 Å². The highest BCUT2D eigenvalue weighted by molar-refractivity contribution is 6.11. The molecule has 0 spiro atoms. The molecule has 1 unspecified atom stereocenters. The highest BCUT2D eigenvalue weighted by Gasteiger charge is 2.37. The van der Waals surface area contributed by atoms with Crippen LogP contribution in [0.4, 0.5) is 10.1 Å². The zero-order chi connectivity index (χ0) is 26.1. The second kappa shape index (κ2) is 9.92. The molecule has 0 radical (unpaired) electrons. The number of ether oxygens (including phenoxy) is 1. The van der Waals surface area contributed by atoms with Crippen molar-refractivity contribution in [2.24, 2.45) is 0 Å². The molecule has 1 atom stereocenters. The summed E-state index contributed by atoms with van der Waals surface area (Å²) in [5.41, 5.74) is 5.61. The number of rotatable bonds is 7. The van der Waals surface area contributed by atoms with Gasteiger partial charge < -0.3 is 15.0 Å². The van der Waals surface area contributed by atoms with Crippen LogP contribution >= 0.6 is 0 Å². The van der Waals surface area contributed by atoms with E-state index in [9.17, 15) is 9.18 Å². The van der Waals surface area contributed by atoms with Gasteiger partial charge in [0.25, 0.3) is 5.91 Å². The number of hydrogen-bond acceptors (Lipinski definition) is 4. The zero-order valence-corrected chi connectivity index (χ0v) is 20.8. The molecule has 186 valence electrons. The highest BCUT2D eigenvalue weighted by atomic mass is 19.1. The predicted octanol–water partition coefficient (Wildman–Crippen LogP) is 6.55. The fraction of sp³-hybridized carbons (Fsp3) is 0.125. The number of benzene rings is 3. The van der Waals surface area contributed by atoms with Crippen molar-refractivity contribution >= 4 is 22.5 Å². The molecule has 1 aromatic heterocycles. The van der Waals surface area contributed by atoms with E-state index in [1.807, 2.05) is 73.8 Å². The lowest BCUT2D eigenvalue weighted by atomic mass is 9.97. The highest BCUT2D eigenvalue weighted by Crippen LogP contribution is 2.45. The molecule has 0 fully saturated rings. The number of amides is 1. The van der Waals surface area contributed by atoms with E-state index in [-0.39, 0.29) is 11.7 Å². The largest absolute Gasteiger partial charge is 0.475 e. The van der Waals surface area contributed by atoms with Crippen LogP contribution in [0.2, 0.25) is 0 Å². The number of allylic oxidation sites excluding steroid dienone is 4. The maximum Gasteiger partial charge on any atom is 0.258 e. The van der Waals surface area contributed by atoms with E-state index in [0.29, 0.717) is 29.9 Å². The molecular weight excluding hydrogens is 477 g/mol. The van der Waals surface area contributed by atoms with Gasteiger partial charge in [-0.25, -0.2) is 4.39 Å². The SMILES string of the molecule is CNc1c2c(c(OC(C3=CC=[C+]C=C3)c3ccccc3)c3ncccc13)C(=O)N(Cc1ccc(F)cc1)C2. The summed E-state index contributed by atoms with van der Waals surface area (Å²) < 4.78 is 20.3. The van der Waals surface area contributed by atoms with Gasteiger partial charge in [-0.05, 0) is 35.4 Å². The topological polar surface area (TPSA) is 54.5 Å². The molecule has 0 saturated heterocycles. The molecular formula is C32H25FN3O2+. The summed E-state index contributed by atoms with van der Waals surface area (Å²) >= 11 is 0. The molecule has 5 nitrogen and oxygen atoms in total. The average molecular weight is 503 g/mol. The van der Waals surface area contributed by atoms with Gasteiger partial charge in [-0.2, -0.15) is 0 Å². The second-order valence-electron chi connectivity index (χ2n) is 9.24. The van der Waals surface area contributed by atoms with Gasteiger partial charge in [0.2, 0.25) is 0 Å². The van der Waals surface area contributed by atoms with Gasteiger partial charge in [-0.3, -0.25) is 9.78 Å². The Bertz CT molecular complexity index is 1610. The summed E-state index contributed by atoms with van der Waals surface area (Å²) in [4.78, 5) is 20.4. The molecule has 6 rings (SSSR count). The van der Waals surface area contributed by atoms with Gasteiger partial charge >= 0.3 is 0 Å². The molecule has 38 heavy (non-hydrogen) atoms. The number of pyridine rings is 1. The van der Waals surface area contributed by atoms with Crippen molar-refractivity contribution in [3.05, 3.63) is 137 Å². The molecule has 2 heterocycles. The van der Waals surface area contributed by atoms with Crippen molar-refractivity contribution in [1.82, 2.24) is 9.88 Å². The number of aromatic nitrogens is 1. The lowest BCUT2D eigenvalue weighted by molar-refractivity contribution is 0.0762. The Balaban J connectivity index is 1.49. The van der Waals surface area contributed by atoms with E-state index in [2.05, 4.69) is 16.4 Å². The summed E-state index contributed by atoms with van der Waals surface area (Å²) in [6, 6.07) is 20.1. The molecule has 2 aliphatic rings. The molecule has 0 saturated carbocycles. The summed E-state index contributed by atoms with van der Waals surface area (Å²) in [6.45, 7) is 0.760. The zero-order valence-electron chi connectivity index (χ0n) is 20.8. The Labute approximate surface area is 220 Å². The number of carbonyl (C=O) groups is 1. The molecule has 4 aromatic rings. The van der Waals surface area contributed by atoms with Gasteiger partial charge in [0.05, 0.1) is 17.7 Å². The first-order valence-corrected chi connectivity index (χ1v) is 12.5. The Hall–Kier alpha value is -4.80. The van der Waals surface area contributed by atoms with E-state index in [1.54, 1.807) is 23.2 Å². The Morgan fingerprint density at radius 3 is 2.66 bits per heavy atom. The number of carbonyl (C=O) groups excluding carboxylic acids is 1. The molecule has 1 amide bonds. The van der Waals surface area contributed by atoms with E-state index in [0.717, 1.165) is 33.3 Å². The molecule has 0 bridgehead atoms. The van der Waals surface area contributed by atoms with Gasteiger partial charge in [-0.1, -0.05) is 42.5 Å². The third-order valence-electron chi connectivity index (χ3n) is 6.89. The first-order chi connectivity index (χ1) is 18.6. The van der Waals surface area contributed by atoms with Crippen LogP contribution in [0.3, 0.4) is 0 Å². The minimum absolute atomic E-state index is 0.142. The van der Waals surface area contributed by atoms with Crippen molar-refractivity contribution in [3.8, 4) is 5.75 Å². The van der Waals surface area contributed by atoms with Crippen LogP contribution in [-0.2, 0) is 13.1 Å². The van der Waals surface area contributed by atoms with Crippen LogP contribution in [0.1, 0.15) is 33.2 Å². The van der Waals surface area contributed by atoms with Gasteiger partial charge in [0, 0.05) is 49.0 Å². The lowest BCUT2D eigenvalue weighted by Crippen LogP contribution is -2.23. The Morgan fingerprint density at radius 1 is 1.11 bits per heavy atom. The third-order valence-corrected chi connectivity index (χ3v) is 6.89. The van der Waals surface area contributed by atoms with Crippen LogP contribution in [0, 0.1) is 11.9 Å². The van der Waals surface area contributed by atoms with E-state index < -0.39 is 6.10 Å². The third kappa shape index (κ3) is 4.21. The van der Waals surface area contributed by atoms with Gasteiger partial charge in [0.1, 0.15) is 29.1 Å². The van der Waals surface area contributed by atoms with Crippen molar-refractivity contribution in [2.75, 3.05) is 12.4 Å². The monoisotopic (exact) mass is 502 g/mol. The second-order valence-corrected chi connectivity index (χ2v) is 9.24. The molecule has 1 aliphatic heterocycles. The van der Waals surface area contributed by atoms with Crippen LogP contribution < -0.4 is 10.1 Å². The summed E-state index contributed by atoms with van der Waals surface area (Å²) in [7, 11) is 1.85. The summed E-state index contributed by atoms with van der Waals surface area (Å²) in [5.74, 6) is 0.0141. The number of anilines is 1. The van der Waals surface area contributed by atoms with Crippen LogP contribution in [0.25, 0.3) is 10.9 Å². The number of nitrogens with zero attached hydrogens (tertiary/aromatic N) is 2. The quantitative estimate of drug-likeness (QED) is 0.291. The Morgan fingerprint density at radius 2 is 1.92 bits per heavy atom. The van der Waals surface area contributed by atoms with Crippen molar-refractivity contribution in [3.63, 3.8) is 0 Å². The molecule has 6 heteroatoms. The lowest BCUT2D eigenvalue weighted by Gasteiger charge is -2.22. The summed E-state index contributed by atoms with van der Waals surface area (Å²) in [5, 5.41) is 4.18. The maximum atomic E-state index is 14.0. The predicted molar refractivity (Wildman–Crippen MR) is 146 cm³/mol. The van der Waals surface area contributed by atoms with E-state index in [1.165, 1.54) is 12.1 Å². The first-order valence-electron chi connectivity index (χ1n) is 12.5. The normalized spacial score (nSPS) is 14.7. The number of hydrogen-bond donors (Lipinski definition) is 1. The summed E-state index contributed by atoms with van der Waals surface area (Å²) in [6.07, 6.45) is 12.0. The Kier molecular flexibility index (Phi) is 6.16. The number of fused-ring (bicyclic) bond motifs is 2. The van der Waals surface area contributed by atoms with Gasteiger partial charge in [0.15, 0.2) is 11.9 Å². The molecule has 1 aliphatic carbocycles. The minimum atomic E-state index is -0.459. The van der Waals surface area contributed by atoms with Crippen LogP contribution in [0.5, 0.6) is 5.75 Å². The van der Waals surface area contributed by atoms with E-state index >= 15 is 0 Å². The van der Waals surface area contributed by atoms with Crippen molar-refractivity contribution in [1.29, 1.82) is 0 Å². The van der Waals surface area contributed by atoms with E-state index in [4.69, 9.17) is 4.74 Å². The standard InChI is InChI=1S/C32H25FN3O2/c1-34-28-25-13-8-18-35-29(25)31(38-30(22-9-4-2-5-10-22)23-11-6-3-7-12-23)27-26(28)20-36(32(27)37)19-21-14-16-24(33)17-15-21/h2,4-18,30,34H,19-20H2,1H3/q+1. The maximum absolute atomic E-state index is 14.0. The molecule has 3 aromatic carbocycles. The first kappa shape index (κ1) is 23.6. The smallest absolute Gasteiger partial charge is 0.258 e. The van der Waals surface area contributed by atoms with Crippen molar-refractivity contribution < 1.29 is 13.9 Å². The number of halogens is 1. The number of nitrogens with one attached hydrogen (secondary N) is 1. The minimum Gasteiger partial charge on any atom is -0.475 e. The van der Waals surface area contributed by atoms with Crippen LogP contribution in [0.15, 0.2) is 103 Å². The molecule has 1 N–H and O–H groups in total.